The van der Waals surface area contributed by atoms with Crippen molar-refractivity contribution < 1.29 is 14.7 Å². The number of carboxylic acid groups (broad SMARTS) is 1. The van der Waals surface area contributed by atoms with Crippen LogP contribution in [-0.4, -0.2) is 23.0 Å². The second kappa shape index (κ2) is 6.78. The van der Waals surface area contributed by atoms with Gasteiger partial charge in [0.2, 0.25) is 0 Å². The second-order valence-corrected chi connectivity index (χ2v) is 5.69. The molecule has 1 amide bonds. The molecular weight excluding hydrogens is 297 g/mol. The van der Waals surface area contributed by atoms with Crippen LogP contribution >= 0.6 is 34.5 Å². The van der Waals surface area contributed by atoms with E-state index in [4.69, 9.17) is 28.3 Å². The second-order valence-electron chi connectivity index (χ2n) is 3.41. The number of hydrogen-bond acceptors (Lipinski definition) is 3. The van der Waals surface area contributed by atoms with E-state index < -0.39 is 17.9 Å². The molecule has 0 aliphatic rings. The zero-order valence-corrected chi connectivity index (χ0v) is 11.8. The van der Waals surface area contributed by atoms with Crippen LogP contribution in [0.15, 0.2) is 18.2 Å². The first kappa shape index (κ1) is 15.0. The molecule has 0 aliphatic heterocycles. The average molecular weight is 308 g/mol. The van der Waals surface area contributed by atoms with Crippen LogP contribution in [0.25, 0.3) is 0 Å². The summed E-state index contributed by atoms with van der Waals surface area (Å²) in [4.78, 5) is 22.8. The number of hydrogen-bond donors (Lipinski definition) is 2. The summed E-state index contributed by atoms with van der Waals surface area (Å²) >= 11 is 12.6. The highest BCUT2D eigenvalue weighted by atomic mass is 35.5. The summed E-state index contributed by atoms with van der Waals surface area (Å²) < 4.78 is 0.623. The van der Waals surface area contributed by atoms with Gasteiger partial charge in [-0.3, -0.25) is 4.79 Å². The lowest BCUT2D eigenvalue weighted by molar-refractivity contribution is -0.139. The van der Waals surface area contributed by atoms with Gasteiger partial charge in [-0.05, 0) is 19.4 Å². The molecule has 1 atom stereocenters. The molecule has 0 aliphatic carbocycles. The standard InChI is InChI=1S/C11H11Cl2NO3S/c1-2-3-4-7(11(16)17)14-10(15)6-5-8(12)18-9(6)13/h2-3,5,7H,4H2,1H3,(H,14,15)(H,16,17)/b3-2+. The number of allylic oxidation sites excluding steroid dienone is 1. The summed E-state index contributed by atoms with van der Waals surface area (Å²) in [6.45, 7) is 1.77. The van der Waals surface area contributed by atoms with Gasteiger partial charge in [-0.1, -0.05) is 35.4 Å². The van der Waals surface area contributed by atoms with Crippen molar-refractivity contribution >= 4 is 46.4 Å². The average Bonchev–Trinajstić information content (AvgIpc) is 2.63. The number of carboxylic acids is 1. The fourth-order valence-corrected chi connectivity index (χ4v) is 2.68. The van der Waals surface area contributed by atoms with Gasteiger partial charge >= 0.3 is 5.97 Å². The Hall–Kier alpha value is -1.04. The fourth-order valence-electron chi connectivity index (χ4n) is 1.22. The van der Waals surface area contributed by atoms with Gasteiger partial charge in [-0.2, -0.15) is 0 Å². The predicted molar refractivity (Wildman–Crippen MR) is 72.7 cm³/mol. The Morgan fingerprint density at radius 1 is 1.56 bits per heavy atom. The Morgan fingerprint density at radius 2 is 2.22 bits per heavy atom. The molecule has 1 aromatic rings. The molecule has 0 aromatic carbocycles. The third kappa shape index (κ3) is 4.01. The molecule has 2 N–H and O–H groups in total. The largest absolute Gasteiger partial charge is 0.480 e. The van der Waals surface area contributed by atoms with E-state index in [9.17, 15) is 9.59 Å². The normalized spacial score (nSPS) is 12.6. The van der Waals surface area contributed by atoms with Crippen molar-refractivity contribution in [1.82, 2.24) is 5.32 Å². The summed E-state index contributed by atoms with van der Waals surface area (Å²) in [6.07, 6.45) is 3.60. The molecule has 4 nitrogen and oxygen atoms in total. The molecule has 0 bridgehead atoms. The maximum Gasteiger partial charge on any atom is 0.326 e. The minimum atomic E-state index is -1.10. The Labute approximate surface area is 118 Å². The van der Waals surface area contributed by atoms with Crippen LogP contribution in [0, 0.1) is 0 Å². The molecule has 0 saturated heterocycles. The van der Waals surface area contributed by atoms with Crippen molar-refractivity contribution in [2.24, 2.45) is 0 Å². The Bertz CT molecular complexity index is 485. The van der Waals surface area contributed by atoms with Gasteiger partial charge < -0.3 is 10.4 Å². The van der Waals surface area contributed by atoms with E-state index >= 15 is 0 Å². The van der Waals surface area contributed by atoms with E-state index in [1.807, 2.05) is 0 Å². The molecule has 1 rings (SSSR count). The van der Waals surface area contributed by atoms with Crippen molar-refractivity contribution in [1.29, 1.82) is 0 Å². The summed E-state index contributed by atoms with van der Waals surface area (Å²) in [5, 5.41) is 11.4. The molecule has 0 spiro atoms. The highest BCUT2D eigenvalue weighted by Crippen LogP contribution is 2.31. The molecule has 1 aromatic heterocycles. The number of rotatable bonds is 5. The van der Waals surface area contributed by atoms with E-state index in [-0.39, 0.29) is 16.3 Å². The summed E-state index contributed by atoms with van der Waals surface area (Å²) in [6, 6.07) is 0.432. The van der Waals surface area contributed by atoms with Crippen LogP contribution in [0.4, 0.5) is 0 Å². The molecule has 7 heteroatoms. The van der Waals surface area contributed by atoms with Crippen LogP contribution in [0.1, 0.15) is 23.7 Å². The lowest BCUT2D eigenvalue weighted by Crippen LogP contribution is -2.40. The van der Waals surface area contributed by atoms with Crippen molar-refractivity contribution in [3.63, 3.8) is 0 Å². The van der Waals surface area contributed by atoms with Crippen molar-refractivity contribution in [2.45, 2.75) is 19.4 Å². The van der Waals surface area contributed by atoms with Crippen LogP contribution in [0.5, 0.6) is 0 Å². The maximum atomic E-state index is 11.8. The minimum absolute atomic E-state index is 0.193. The molecule has 1 heterocycles. The maximum absolute atomic E-state index is 11.8. The van der Waals surface area contributed by atoms with Crippen molar-refractivity contribution in [2.75, 3.05) is 0 Å². The SMILES string of the molecule is C/C=C/CC(NC(=O)c1cc(Cl)sc1Cl)C(=O)O. The lowest BCUT2D eigenvalue weighted by atomic mass is 10.2. The van der Waals surface area contributed by atoms with Gasteiger partial charge in [0.15, 0.2) is 0 Å². The summed E-state index contributed by atoms with van der Waals surface area (Å²) in [5.74, 6) is -1.64. The van der Waals surface area contributed by atoms with Gasteiger partial charge in [-0.15, -0.1) is 11.3 Å². The van der Waals surface area contributed by atoms with E-state index in [1.165, 1.54) is 6.07 Å². The highest BCUT2D eigenvalue weighted by Gasteiger charge is 2.21. The zero-order chi connectivity index (χ0) is 13.7. The third-order valence-electron chi connectivity index (χ3n) is 2.11. The Morgan fingerprint density at radius 3 is 2.67 bits per heavy atom. The summed E-state index contributed by atoms with van der Waals surface area (Å²) in [7, 11) is 0. The van der Waals surface area contributed by atoms with Gasteiger partial charge in [0.05, 0.1) is 9.90 Å². The lowest BCUT2D eigenvalue weighted by Gasteiger charge is -2.12. The first-order valence-corrected chi connectivity index (χ1v) is 6.62. The molecule has 0 saturated carbocycles. The third-order valence-corrected chi connectivity index (χ3v) is 3.60. The molecule has 98 valence electrons. The van der Waals surface area contributed by atoms with Crippen LogP contribution in [0.2, 0.25) is 8.67 Å². The number of carbonyl (C=O) groups is 2. The first-order chi connectivity index (χ1) is 8.45. The topological polar surface area (TPSA) is 66.4 Å². The van der Waals surface area contributed by atoms with E-state index in [0.717, 1.165) is 11.3 Å². The number of amides is 1. The first-order valence-electron chi connectivity index (χ1n) is 5.05. The molecular formula is C11H11Cl2NO3S. The van der Waals surface area contributed by atoms with Gasteiger partial charge in [0.25, 0.3) is 5.91 Å². The zero-order valence-electron chi connectivity index (χ0n) is 9.44. The van der Waals surface area contributed by atoms with Gasteiger partial charge in [-0.25, -0.2) is 4.79 Å². The molecule has 0 fully saturated rings. The molecule has 1 unspecified atom stereocenters. The fraction of sp³-hybridized carbons (Fsp3) is 0.273. The molecule has 18 heavy (non-hydrogen) atoms. The van der Waals surface area contributed by atoms with Crippen LogP contribution in [-0.2, 0) is 4.79 Å². The number of aliphatic carboxylic acids is 1. The van der Waals surface area contributed by atoms with E-state index in [2.05, 4.69) is 5.32 Å². The smallest absolute Gasteiger partial charge is 0.326 e. The number of thiophene rings is 1. The van der Waals surface area contributed by atoms with E-state index in [1.54, 1.807) is 19.1 Å². The van der Waals surface area contributed by atoms with Gasteiger partial charge in [0.1, 0.15) is 10.4 Å². The number of nitrogens with one attached hydrogen (secondary N) is 1. The van der Waals surface area contributed by atoms with Crippen molar-refractivity contribution in [3.05, 3.63) is 32.5 Å². The quantitative estimate of drug-likeness (QED) is 0.821. The van der Waals surface area contributed by atoms with E-state index in [0.29, 0.717) is 4.34 Å². The number of halogens is 2. The predicted octanol–water partition coefficient (Wildman–Crippen LogP) is 3.20. The Balaban J connectivity index is 2.78. The van der Waals surface area contributed by atoms with Crippen LogP contribution in [0.3, 0.4) is 0 Å². The molecule has 0 radical (unpaired) electrons. The number of carbonyl (C=O) groups excluding carboxylic acids is 1. The minimum Gasteiger partial charge on any atom is -0.480 e. The monoisotopic (exact) mass is 307 g/mol. The van der Waals surface area contributed by atoms with Crippen LogP contribution < -0.4 is 5.32 Å². The Kier molecular flexibility index (Phi) is 5.65. The van der Waals surface area contributed by atoms with Crippen molar-refractivity contribution in [3.8, 4) is 0 Å². The van der Waals surface area contributed by atoms with Gasteiger partial charge in [0, 0.05) is 0 Å². The summed E-state index contributed by atoms with van der Waals surface area (Å²) in [5.41, 5.74) is 0.193. The highest BCUT2D eigenvalue weighted by molar-refractivity contribution is 7.20.